The standard InChI is InChI=1S/C49H83N13O12/c1-7-30(6)42(49(74)59-36(22-31-15-9-8-10-16-31)43(68)54-25-40(67)55-32(26-63)23-38(53)65)62-45(70)34(18-12-14-20-51)57-47(72)37(27-64)60-46(71)35(21-28(2)3)58-48(73)41(29(4)5)61-44(69)33(17-11-13-19-50)56-39(66)24-52/h8-10,15-16,26,28-30,32-37,41-42,64H,7,11-14,17-25,27,50-52H2,1-6H3,(H2,53,65)(H,54,68)(H,55,67)(H,56,66)(H,57,72)(H,58,73)(H,59,74)(H,60,71)(H,61,69)(H,62,70)/t30-,32-,33-,34-,35-,36-,37-,41-,42-/m0/s1. The first-order valence-electron chi connectivity index (χ1n) is 25.2. The fourth-order valence-electron chi connectivity index (χ4n) is 7.44. The zero-order valence-corrected chi connectivity index (χ0v) is 43.7. The number of primary amides is 1. The molecule has 1 rings (SSSR count). The number of amides is 10. The van der Waals surface area contributed by atoms with Gasteiger partial charge >= 0.3 is 0 Å². The van der Waals surface area contributed by atoms with E-state index in [0.717, 1.165) is 0 Å². The van der Waals surface area contributed by atoms with E-state index in [9.17, 15) is 57.8 Å². The van der Waals surface area contributed by atoms with Crippen LogP contribution >= 0.6 is 0 Å². The molecule has 1 aromatic rings. The molecule has 0 bridgehead atoms. The van der Waals surface area contributed by atoms with Gasteiger partial charge in [0.05, 0.1) is 32.2 Å². The largest absolute Gasteiger partial charge is 0.394 e. The smallest absolute Gasteiger partial charge is 0.245 e. The number of nitrogens with two attached hydrogens (primary N) is 4. The summed E-state index contributed by atoms with van der Waals surface area (Å²) >= 11 is 0. The highest BCUT2D eigenvalue weighted by Crippen LogP contribution is 2.14. The van der Waals surface area contributed by atoms with E-state index < -0.39 is 139 Å². The van der Waals surface area contributed by atoms with Crippen LogP contribution in [0.3, 0.4) is 0 Å². The lowest BCUT2D eigenvalue weighted by atomic mass is 9.96. The summed E-state index contributed by atoms with van der Waals surface area (Å²) in [5.41, 5.74) is 22.6. The average molecular weight is 1050 g/mol. The number of hydrogen-bond donors (Lipinski definition) is 14. The molecule has 0 fully saturated rings. The molecule has 25 nitrogen and oxygen atoms in total. The zero-order chi connectivity index (χ0) is 55.9. The number of aliphatic hydroxyl groups excluding tert-OH is 1. The van der Waals surface area contributed by atoms with E-state index in [1.807, 2.05) is 0 Å². The Hall–Kier alpha value is -6.57. The third-order valence-electron chi connectivity index (χ3n) is 11.8. The summed E-state index contributed by atoms with van der Waals surface area (Å²) < 4.78 is 0. The molecule has 74 heavy (non-hydrogen) atoms. The molecule has 10 amide bonds. The van der Waals surface area contributed by atoms with Crippen LogP contribution in [-0.4, -0.2) is 152 Å². The molecule has 0 unspecified atom stereocenters. The van der Waals surface area contributed by atoms with Gasteiger partial charge in [0.15, 0.2) is 0 Å². The summed E-state index contributed by atoms with van der Waals surface area (Å²) in [6, 6.07) is -1.61. The molecule has 0 radical (unpaired) electrons. The second-order valence-corrected chi connectivity index (χ2v) is 18.9. The molecule has 0 aliphatic rings. The van der Waals surface area contributed by atoms with Crippen LogP contribution in [0.4, 0.5) is 0 Å². The van der Waals surface area contributed by atoms with Gasteiger partial charge in [-0.3, -0.25) is 47.9 Å². The molecular weight excluding hydrogens is 963 g/mol. The van der Waals surface area contributed by atoms with Gasteiger partial charge in [-0.1, -0.05) is 78.3 Å². The molecule has 0 aliphatic carbocycles. The van der Waals surface area contributed by atoms with Crippen LogP contribution in [0.5, 0.6) is 0 Å². The molecule has 416 valence electrons. The summed E-state index contributed by atoms with van der Waals surface area (Å²) in [6.45, 7) is 9.06. The van der Waals surface area contributed by atoms with E-state index in [1.165, 1.54) is 0 Å². The van der Waals surface area contributed by atoms with E-state index in [2.05, 4.69) is 47.9 Å². The zero-order valence-electron chi connectivity index (χ0n) is 43.7. The van der Waals surface area contributed by atoms with Crippen molar-refractivity contribution < 1.29 is 57.8 Å². The van der Waals surface area contributed by atoms with Crippen LogP contribution < -0.4 is 70.8 Å². The first-order valence-corrected chi connectivity index (χ1v) is 25.2. The molecule has 0 saturated carbocycles. The SMILES string of the molecule is CC[C@H](C)[C@H](NC(=O)[C@H](CCCCN)NC(=O)[C@H](CO)NC(=O)[C@H](CC(C)C)NC(=O)[C@@H](NC(=O)[C@H](CCCCN)NC(=O)CN)C(C)C)C(=O)N[C@@H](Cc1ccccc1)C(=O)NCC(=O)N[C@H](C=O)CC(N)=O. The topological polar surface area (TPSA) is 420 Å². The Labute approximate surface area is 433 Å². The van der Waals surface area contributed by atoms with E-state index in [4.69, 9.17) is 22.9 Å². The fraction of sp³-hybridized carbons (Fsp3) is 0.653. The van der Waals surface area contributed by atoms with Crippen LogP contribution in [0.2, 0.25) is 0 Å². The summed E-state index contributed by atoms with van der Waals surface area (Å²) in [7, 11) is 0. The highest BCUT2D eigenvalue weighted by atomic mass is 16.3. The molecule has 18 N–H and O–H groups in total. The predicted octanol–water partition coefficient (Wildman–Crippen LogP) is -3.74. The van der Waals surface area contributed by atoms with Gasteiger partial charge in [0, 0.05) is 6.42 Å². The van der Waals surface area contributed by atoms with Gasteiger partial charge in [-0.15, -0.1) is 0 Å². The summed E-state index contributed by atoms with van der Waals surface area (Å²) in [5, 5.41) is 33.4. The molecule has 0 heterocycles. The Morgan fingerprint density at radius 2 is 1.08 bits per heavy atom. The third kappa shape index (κ3) is 24.9. The lowest BCUT2D eigenvalue weighted by Gasteiger charge is -2.29. The van der Waals surface area contributed by atoms with Crippen molar-refractivity contribution in [1.29, 1.82) is 0 Å². The number of rotatable bonds is 37. The monoisotopic (exact) mass is 1050 g/mol. The van der Waals surface area contributed by atoms with Gasteiger partial charge < -0.3 is 80.7 Å². The quantitative estimate of drug-likeness (QED) is 0.0225. The molecule has 0 saturated heterocycles. The number of aldehydes is 1. The van der Waals surface area contributed by atoms with E-state index in [1.54, 1.807) is 71.9 Å². The van der Waals surface area contributed by atoms with Crippen LogP contribution in [0, 0.1) is 17.8 Å². The number of carbonyl (C=O) groups is 11. The second kappa shape index (κ2) is 35.6. The molecule has 0 spiro atoms. The Morgan fingerprint density at radius 1 is 0.581 bits per heavy atom. The van der Waals surface area contributed by atoms with E-state index >= 15 is 0 Å². The minimum atomic E-state index is -1.64. The maximum absolute atomic E-state index is 14.2. The third-order valence-corrected chi connectivity index (χ3v) is 11.8. The Kier molecular flexibility index (Phi) is 31.4. The minimum absolute atomic E-state index is 0.0132. The lowest BCUT2D eigenvalue weighted by Crippen LogP contribution is -2.61. The van der Waals surface area contributed by atoms with Crippen LogP contribution in [0.1, 0.15) is 105 Å². The molecule has 9 atom stereocenters. The number of aliphatic hydroxyl groups is 1. The van der Waals surface area contributed by atoms with Crippen molar-refractivity contribution >= 4 is 65.4 Å². The highest BCUT2D eigenvalue weighted by molar-refractivity contribution is 5.98. The van der Waals surface area contributed by atoms with Crippen LogP contribution in [0.25, 0.3) is 0 Å². The van der Waals surface area contributed by atoms with Crippen molar-refractivity contribution in [2.24, 2.45) is 40.7 Å². The van der Waals surface area contributed by atoms with Crippen LogP contribution in [-0.2, 0) is 59.2 Å². The number of benzene rings is 1. The maximum Gasteiger partial charge on any atom is 0.245 e. The Morgan fingerprint density at radius 3 is 1.58 bits per heavy atom. The van der Waals surface area contributed by atoms with E-state index in [-0.39, 0.29) is 44.7 Å². The summed E-state index contributed by atoms with van der Waals surface area (Å²) in [4.78, 5) is 144. The fourth-order valence-corrected chi connectivity index (χ4v) is 7.44. The number of hydrogen-bond acceptors (Lipinski definition) is 15. The van der Waals surface area contributed by atoms with E-state index in [0.29, 0.717) is 50.5 Å². The van der Waals surface area contributed by atoms with Crippen molar-refractivity contribution in [2.45, 2.75) is 154 Å². The summed E-state index contributed by atoms with van der Waals surface area (Å²) in [6.07, 6.45) is 2.34. The first kappa shape index (κ1) is 65.4. The van der Waals surface area contributed by atoms with Crippen molar-refractivity contribution in [3.05, 3.63) is 35.9 Å². The van der Waals surface area contributed by atoms with Crippen molar-refractivity contribution in [1.82, 2.24) is 47.9 Å². The maximum atomic E-state index is 14.2. The van der Waals surface area contributed by atoms with Gasteiger partial charge in [0.1, 0.15) is 48.6 Å². The number of carbonyl (C=O) groups excluding carboxylic acids is 11. The number of unbranched alkanes of at least 4 members (excludes halogenated alkanes) is 2. The second-order valence-electron chi connectivity index (χ2n) is 18.9. The molecular formula is C49H83N13O12. The molecule has 0 aromatic heterocycles. The van der Waals surface area contributed by atoms with Gasteiger partial charge in [0.25, 0.3) is 0 Å². The predicted molar refractivity (Wildman–Crippen MR) is 274 cm³/mol. The van der Waals surface area contributed by atoms with Crippen molar-refractivity contribution in [2.75, 3.05) is 32.8 Å². The molecule has 1 aromatic carbocycles. The van der Waals surface area contributed by atoms with Crippen molar-refractivity contribution in [3.8, 4) is 0 Å². The molecule has 0 aliphatic heterocycles. The average Bonchev–Trinajstić information content (AvgIpc) is 3.35. The Bertz CT molecular complexity index is 1990. The highest BCUT2D eigenvalue weighted by Gasteiger charge is 2.36. The molecule has 25 heteroatoms. The number of nitrogens with one attached hydrogen (secondary N) is 9. The van der Waals surface area contributed by atoms with Gasteiger partial charge in [-0.05, 0) is 81.4 Å². The van der Waals surface area contributed by atoms with Gasteiger partial charge in [-0.25, -0.2) is 0 Å². The normalized spacial score (nSPS) is 14.8. The minimum Gasteiger partial charge on any atom is -0.394 e. The van der Waals surface area contributed by atoms with Crippen molar-refractivity contribution in [3.63, 3.8) is 0 Å². The van der Waals surface area contributed by atoms with Gasteiger partial charge in [0.2, 0.25) is 59.1 Å². The lowest BCUT2D eigenvalue weighted by molar-refractivity contribution is -0.137. The van der Waals surface area contributed by atoms with Gasteiger partial charge in [-0.2, -0.15) is 0 Å². The van der Waals surface area contributed by atoms with Crippen LogP contribution in [0.15, 0.2) is 30.3 Å². The summed E-state index contributed by atoms with van der Waals surface area (Å²) in [5.74, 6) is -9.03. The first-order chi connectivity index (χ1) is 35.0. The Balaban J connectivity index is 3.37.